The monoisotopic (exact) mass is 327 g/mol. The van der Waals surface area contributed by atoms with Crippen LogP contribution in [0.25, 0.3) is 5.82 Å². The molecule has 116 valence electrons. The summed E-state index contributed by atoms with van der Waals surface area (Å²) >= 11 is 1.14. The largest absolute Gasteiger partial charge is 0.298 e. The summed E-state index contributed by atoms with van der Waals surface area (Å²) in [5.74, 6) is 0.230. The first-order valence-electron chi connectivity index (χ1n) is 6.80. The van der Waals surface area contributed by atoms with Crippen LogP contribution in [0.3, 0.4) is 0 Å². The van der Waals surface area contributed by atoms with E-state index in [0.29, 0.717) is 27.1 Å². The molecule has 0 spiro atoms. The number of pyridine rings is 1. The number of nitrogens with zero attached hydrogens (tertiary/aromatic N) is 4. The molecule has 0 bridgehead atoms. The van der Waals surface area contributed by atoms with Gasteiger partial charge in [-0.2, -0.15) is 5.10 Å². The number of anilines is 1. The van der Waals surface area contributed by atoms with Gasteiger partial charge in [0.1, 0.15) is 0 Å². The molecule has 0 unspecified atom stereocenters. The second-order valence-corrected chi connectivity index (χ2v) is 5.81. The predicted molar refractivity (Wildman–Crippen MR) is 86.2 cm³/mol. The number of nitrogens with one attached hydrogen (secondary N) is 1. The second-order valence-electron chi connectivity index (χ2n) is 4.78. The Bertz CT molecular complexity index is 869. The van der Waals surface area contributed by atoms with Gasteiger partial charge < -0.3 is 0 Å². The minimum atomic E-state index is -0.325. The summed E-state index contributed by atoms with van der Waals surface area (Å²) in [5.41, 5.74) is 1.10. The highest BCUT2D eigenvalue weighted by Gasteiger charge is 2.17. The van der Waals surface area contributed by atoms with Crippen molar-refractivity contribution in [3.8, 4) is 5.82 Å². The summed E-state index contributed by atoms with van der Waals surface area (Å²) in [5, 5.41) is 7.27. The average molecular weight is 327 g/mol. The molecule has 3 heterocycles. The summed E-state index contributed by atoms with van der Waals surface area (Å²) in [7, 11) is 0. The van der Waals surface area contributed by atoms with Crippen LogP contribution >= 0.6 is 11.3 Å². The van der Waals surface area contributed by atoms with Gasteiger partial charge in [-0.05, 0) is 19.1 Å². The number of ketones is 1. The highest BCUT2D eigenvalue weighted by atomic mass is 32.1. The number of rotatable bonds is 4. The Kier molecular flexibility index (Phi) is 3.98. The lowest BCUT2D eigenvalue weighted by molar-refractivity contribution is 0.101. The van der Waals surface area contributed by atoms with Crippen molar-refractivity contribution in [3.05, 3.63) is 52.9 Å². The molecule has 0 saturated carbocycles. The van der Waals surface area contributed by atoms with Crippen molar-refractivity contribution in [2.45, 2.75) is 13.8 Å². The van der Waals surface area contributed by atoms with E-state index in [0.717, 1.165) is 11.3 Å². The van der Waals surface area contributed by atoms with Crippen LogP contribution in [0.15, 0.2) is 36.8 Å². The Morgan fingerprint density at radius 1 is 1.22 bits per heavy atom. The fourth-order valence-electron chi connectivity index (χ4n) is 2.00. The lowest BCUT2D eigenvalue weighted by Gasteiger charge is -2.04. The van der Waals surface area contributed by atoms with Crippen molar-refractivity contribution in [2.75, 3.05) is 5.32 Å². The maximum atomic E-state index is 12.4. The Labute approximate surface area is 136 Å². The highest BCUT2D eigenvalue weighted by molar-refractivity contribution is 7.17. The molecule has 0 saturated heterocycles. The molecule has 7 nitrogen and oxygen atoms in total. The average Bonchev–Trinajstić information content (AvgIpc) is 3.15. The van der Waals surface area contributed by atoms with Crippen molar-refractivity contribution >= 4 is 28.2 Å². The van der Waals surface area contributed by atoms with E-state index in [1.807, 2.05) is 18.2 Å². The Morgan fingerprint density at radius 3 is 2.70 bits per heavy atom. The van der Waals surface area contributed by atoms with Gasteiger partial charge in [0, 0.05) is 13.1 Å². The van der Waals surface area contributed by atoms with E-state index in [1.54, 1.807) is 17.8 Å². The molecular formula is C15H13N5O2S. The lowest BCUT2D eigenvalue weighted by atomic mass is 10.2. The molecule has 0 aliphatic carbocycles. The molecule has 0 radical (unpaired) electrons. The van der Waals surface area contributed by atoms with Crippen molar-refractivity contribution < 1.29 is 9.59 Å². The van der Waals surface area contributed by atoms with Crippen LogP contribution in [0, 0.1) is 6.92 Å². The molecule has 0 fully saturated rings. The molecule has 8 heteroatoms. The first-order valence-corrected chi connectivity index (χ1v) is 7.62. The molecule has 3 aromatic heterocycles. The molecule has 0 aliphatic heterocycles. The SMILES string of the molecule is CC(=O)c1cnc(NC(=O)c2cnn(-c3ccccn3)c2C)s1. The quantitative estimate of drug-likeness (QED) is 0.744. The number of carbonyl (C=O) groups excluding carboxylic acids is 2. The second kappa shape index (κ2) is 6.09. The number of Topliss-reactive ketones (excluding diaryl/α,β-unsaturated/α-hetero) is 1. The van der Waals surface area contributed by atoms with E-state index in [2.05, 4.69) is 20.4 Å². The fourth-order valence-corrected chi connectivity index (χ4v) is 2.71. The fraction of sp³-hybridized carbons (Fsp3) is 0.133. The number of hydrogen-bond donors (Lipinski definition) is 1. The molecule has 23 heavy (non-hydrogen) atoms. The van der Waals surface area contributed by atoms with E-state index < -0.39 is 0 Å². The normalized spacial score (nSPS) is 10.5. The van der Waals surface area contributed by atoms with Crippen LogP contribution in [0.4, 0.5) is 5.13 Å². The van der Waals surface area contributed by atoms with Crippen LogP contribution in [0.5, 0.6) is 0 Å². The van der Waals surface area contributed by atoms with Gasteiger partial charge in [0.25, 0.3) is 5.91 Å². The summed E-state index contributed by atoms with van der Waals surface area (Å²) in [6.07, 6.45) is 4.60. The van der Waals surface area contributed by atoms with Crippen molar-refractivity contribution in [3.63, 3.8) is 0 Å². The van der Waals surface area contributed by atoms with Crippen molar-refractivity contribution in [1.29, 1.82) is 0 Å². The van der Waals surface area contributed by atoms with Gasteiger partial charge in [-0.25, -0.2) is 14.6 Å². The van der Waals surface area contributed by atoms with E-state index >= 15 is 0 Å². The van der Waals surface area contributed by atoms with Crippen LogP contribution in [0.2, 0.25) is 0 Å². The molecule has 0 aromatic carbocycles. The zero-order valence-electron chi connectivity index (χ0n) is 12.5. The number of aromatic nitrogens is 4. The maximum Gasteiger partial charge on any atom is 0.260 e. The highest BCUT2D eigenvalue weighted by Crippen LogP contribution is 2.20. The molecule has 1 amide bonds. The van der Waals surface area contributed by atoms with E-state index in [9.17, 15) is 9.59 Å². The Morgan fingerprint density at radius 2 is 2.04 bits per heavy atom. The first kappa shape index (κ1) is 15.0. The third-order valence-corrected chi connectivity index (χ3v) is 4.21. The lowest BCUT2D eigenvalue weighted by Crippen LogP contribution is -2.13. The van der Waals surface area contributed by atoms with Gasteiger partial charge in [-0.1, -0.05) is 17.4 Å². The third-order valence-electron chi connectivity index (χ3n) is 3.19. The van der Waals surface area contributed by atoms with Gasteiger partial charge in [-0.3, -0.25) is 14.9 Å². The summed E-state index contributed by atoms with van der Waals surface area (Å²) in [6, 6.07) is 5.47. The molecule has 0 aliphatic rings. The Hall–Kier alpha value is -2.87. The van der Waals surface area contributed by atoms with E-state index in [4.69, 9.17) is 0 Å². The first-order chi connectivity index (χ1) is 11.1. The molecule has 1 N–H and O–H groups in total. The predicted octanol–water partition coefficient (Wildman–Crippen LogP) is 2.49. The van der Waals surface area contributed by atoms with E-state index in [-0.39, 0.29) is 11.7 Å². The maximum absolute atomic E-state index is 12.4. The summed E-state index contributed by atoms with van der Waals surface area (Å²) < 4.78 is 1.60. The number of hydrogen-bond acceptors (Lipinski definition) is 6. The molecule has 0 atom stereocenters. The zero-order chi connectivity index (χ0) is 16.4. The zero-order valence-corrected chi connectivity index (χ0v) is 13.3. The number of amides is 1. The van der Waals surface area contributed by atoms with Crippen LogP contribution < -0.4 is 5.32 Å². The van der Waals surface area contributed by atoms with Gasteiger partial charge >= 0.3 is 0 Å². The van der Waals surface area contributed by atoms with Gasteiger partial charge in [0.2, 0.25) is 0 Å². The number of carbonyl (C=O) groups is 2. The van der Waals surface area contributed by atoms with Crippen LogP contribution in [-0.4, -0.2) is 31.4 Å². The minimum Gasteiger partial charge on any atom is -0.298 e. The van der Waals surface area contributed by atoms with Crippen LogP contribution in [0.1, 0.15) is 32.6 Å². The summed E-state index contributed by atoms with van der Waals surface area (Å²) in [4.78, 5) is 32.4. The summed E-state index contributed by atoms with van der Waals surface area (Å²) in [6.45, 7) is 3.25. The van der Waals surface area contributed by atoms with E-state index in [1.165, 1.54) is 19.3 Å². The standard InChI is InChI=1S/C15H13N5O2S/c1-9-11(7-18-20(9)13-5-3-4-6-16-13)14(22)19-15-17-8-12(23-15)10(2)21/h3-8H,1-2H3,(H,17,19,22). The smallest absolute Gasteiger partial charge is 0.260 e. The Balaban J connectivity index is 1.83. The van der Waals surface area contributed by atoms with Gasteiger partial charge in [0.05, 0.1) is 28.5 Å². The molecular weight excluding hydrogens is 314 g/mol. The third kappa shape index (κ3) is 3.02. The number of thiazole rings is 1. The minimum absolute atomic E-state index is 0.0813. The van der Waals surface area contributed by atoms with Gasteiger partial charge in [0.15, 0.2) is 16.7 Å². The van der Waals surface area contributed by atoms with Crippen molar-refractivity contribution in [2.24, 2.45) is 0 Å². The topological polar surface area (TPSA) is 89.8 Å². The van der Waals surface area contributed by atoms with Gasteiger partial charge in [-0.15, -0.1) is 0 Å². The molecule has 3 rings (SSSR count). The van der Waals surface area contributed by atoms with Crippen molar-refractivity contribution in [1.82, 2.24) is 19.7 Å². The molecule has 3 aromatic rings. The van der Waals surface area contributed by atoms with Crippen LogP contribution in [-0.2, 0) is 0 Å².